The SMILES string of the molecule is Nc1cc(Cl)ccc1OCCCS(=O)(=O)O. The quantitative estimate of drug-likeness (QED) is 0.479. The normalized spacial score (nSPS) is 11.4. The lowest BCUT2D eigenvalue weighted by atomic mass is 10.3. The van der Waals surface area contributed by atoms with Crippen LogP contribution in [0.2, 0.25) is 5.02 Å². The van der Waals surface area contributed by atoms with Crippen molar-refractivity contribution < 1.29 is 17.7 Å². The molecular weight excluding hydrogens is 254 g/mol. The number of ether oxygens (including phenoxy) is 1. The number of halogens is 1. The van der Waals surface area contributed by atoms with Gasteiger partial charge in [0, 0.05) is 5.02 Å². The van der Waals surface area contributed by atoms with Gasteiger partial charge in [0.2, 0.25) is 0 Å². The first-order valence-electron chi connectivity index (χ1n) is 4.51. The van der Waals surface area contributed by atoms with Crippen molar-refractivity contribution in [3.63, 3.8) is 0 Å². The van der Waals surface area contributed by atoms with Crippen LogP contribution in [0.1, 0.15) is 6.42 Å². The maximum absolute atomic E-state index is 10.4. The Labute approximate surface area is 98.9 Å². The van der Waals surface area contributed by atoms with Gasteiger partial charge in [0.25, 0.3) is 10.1 Å². The smallest absolute Gasteiger partial charge is 0.264 e. The summed E-state index contributed by atoms with van der Waals surface area (Å²) in [5, 5.41) is 0.503. The fraction of sp³-hybridized carbons (Fsp3) is 0.333. The van der Waals surface area contributed by atoms with E-state index in [2.05, 4.69) is 0 Å². The van der Waals surface area contributed by atoms with Crippen LogP contribution < -0.4 is 10.5 Å². The number of rotatable bonds is 5. The number of nitrogens with two attached hydrogens (primary N) is 1. The number of anilines is 1. The van der Waals surface area contributed by atoms with Gasteiger partial charge in [0.05, 0.1) is 18.0 Å². The van der Waals surface area contributed by atoms with Crippen LogP contribution in [0.15, 0.2) is 18.2 Å². The molecule has 0 aliphatic heterocycles. The monoisotopic (exact) mass is 265 g/mol. The fourth-order valence-electron chi connectivity index (χ4n) is 1.07. The summed E-state index contributed by atoms with van der Waals surface area (Å²) in [7, 11) is -3.93. The molecule has 0 atom stereocenters. The van der Waals surface area contributed by atoms with E-state index in [9.17, 15) is 8.42 Å². The zero-order chi connectivity index (χ0) is 12.2. The number of benzene rings is 1. The molecule has 90 valence electrons. The van der Waals surface area contributed by atoms with Gasteiger partial charge in [-0.2, -0.15) is 8.42 Å². The third kappa shape index (κ3) is 4.69. The predicted octanol–water partition coefficient (Wildman–Crippen LogP) is 1.58. The Hall–Kier alpha value is -0.980. The first-order valence-corrected chi connectivity index (χ1v) is 6.50. The van der Waals surface area contributed by atoms with Gasteiger partial charge >= 0.3 is 0 Å². The van der Waals surface area contributed by atoms with Crippen LogP contribution in [0, 0.1) is 0 Å². The second-order valence-electron chi connectivity index (χ2n) is 3.17. The molecule has 0 radical (unpaired) electrons. The van der Waals surface area contributed by atoms with Crippen LogP contribution in [-0.4, -0.2) is 25.3 Å². The molecule has 1 aromatic carbocycles. The van der Waals surface area contributed by atoms with Crippen molar-refractivity contribution in [2.45, 2.75) is 6.42 Å². The summed E-state index contributed by atoms with van der Waals surface area (Å²) in [4.78, 5) is 0. The predicted molar refractivity (Wildman–Crippen MR) is 62.4 cm³/mol. The van der Waals surface area contributed by atoms with Crippen LogP contribution in [-0.2, 0) is 10.1 Å². The van der Waals surface area contributed by atoms with E-state index in [1.54, 1.807) is 18.2 Å². The number of hydrogen-bond donors (Lipinski definition) is 2. The Kier molecular flexibility index (Phi) is 4.40. The highest BCUT2D eigenvalue weighted by Crippen LogP contribution is 2.24. The minimum Gasteiger partial charge on any atom is -0.491 e. The number of nitrogen functional groups attached to an aromatic ring is 1. The van der Waals surface area contributed by atoms with E-state index in [1.807, 2.05) is 0 Å². The second-order valence-corrected chi connectivity index (χ2v) is 5.18. The summed E-state index contributed by atoms with van der Waals surface area (Å²) in [6, 6.07) is 4.76. The Morgan fingerprint density at radius 2 is 2.12 bits per heavy atom. The van der Waals surface area contributed by atoms with Gasteiger partial charge in [-0.1, -0.05) is 11.6 Å². The van der Waals surface area contributed by atoms with Crippen molar-refractivity contribution in [1.29, 1.82) is 0 Å². The average molecular weight is 266 g/mol. The molecule has 0 aliphatic rings. The van der Waals surface area contributed by atoms with Gasteiger partial charge in [-0.15, -0.1) is 0 Å². The first-order chi connectivity index (χ1) is 7.38. The molecule has 0 fully saturated rings. The van der Waals surface area contributed by atoms with Crippen molar-refractivity contribution in [3.8, 4) is 5.75 Å². The van der Waals surface area contributed by atoms with Crippen LogP contribution in [0.3, 0.4) is 0 Å². The lowest BCUT2D eigenvalue weighted by molar-refractivity contribution is 0.318. The summed E-state index contributed by atoms with van der Waals surface area (Å²) in [6.07, 6.45) is 0.195. The third-order valence-corrected chi connectivity index (χ3v) is 2.82. The molecule has 0 saturated heterocycles. The van der Waals surface area contributed by atoms with Crippen molar-refractivity contribution in [2.24, 2.45) is 0 Å². The van der Waals surface area contributed by atoms with Crippen molar-refractivity contribution >= 4 is 27.4 Å². The van der Waals surface area contributed by atoms with E-state index in [0.717, 1.165) is 0 Å². The first kappa shape index (κ1) is 13.1. The van der Waals surface area contributed by atoms with Gasteiger partial charge in [-0.05, 0) is 24.6 Å². The molecule has 1 aromatic rings. The largest absolute Gasteiger partial charge is 0.491 e. The fourth-order valence-corrected chi connectivity index (χ4v) is 1.74. The summed E-state index contributed by atoms with van der Waals surface area (Å²) >= 11 is 5.69. The lowest BCUT2D eigenvalue weighted by Gasteiger charge is -2.08. The highest BCUT2D eigenvalue weighted by Gasteiger charge is 2.05. The van der Waals surface area contributed by atoms with Gasteiger partial charge in [0.1, 0.15) is 5.75 Å². The molecular formula is C9H12ClNO4S. The zero-order valence-corrected chi connectivity index (χ0v) is 9.96. The van der Waals surface area contributed by atoms with E-state index < -0.39 is 10.1 Å². The third-order valence-electron chi connectivity index (χ3n) is 1.78. The lowest BCUT2D eigenvalue weighted by Crippen LogP contribution is -2.09. The van der Waals surface area contributed by atoms with Gasteiger partial charge in [-0.3, -0.25) is 4.55 Å². The minimum atomic E-state index is -3.93. The summed E-state index contributed by atoms with van der Waals surface area (Å²) in [5.74, 6) is 0.111. The van der Waals surface area contributed by atoms with Crippen molar-refractivity contribution in [3.05, 3.63) is 23.2 Å². The Morgan fingerprint density at radius 3 is 2.69 bits per heavy atom. The van der Waals surface area contributed by atoms with E-state index in [-0.39, 0.29) is 18.8 Å². The van der Waals surface area contributed by atoms with Gasteiger partial charge < -0.3 is 10.5 Å². The molecule has 0 aromatic heterocycles. The molecule has 0 spiro atoms. The van der Waals surface area contributed by atoms with E-state index in [1.165, 1.54) is 0 Å². The molecule has 0 aliphatic carbocycles. The van der Waals surface area contributed by atoms with Crippen LogP contribution in [0.25, 0.3) is 0 Å². The molecule has 1 rings (SSSR count). The molecule has 3 N–H and O–H groups in total. The van der Waals surface area contributed by atoms with Crippen molar-refractivity contribution in [2.75, 3.05) is 18.1 Å². The topological polar surface area (TPSA) is 89.6 Å². The second kappa shape index (κ2) is 5.38. The number of hydrogen-bond acceptors (Lipinski definition) is 4. The van der Waals surface area contributed by atoms with Crippen LogP contribution in [0.5, 0.6) is 5.75 Å². The minimum absolute atomic E-state index is 0.158. The summed E-state index contributed by atoms with van der Waals surface area (Å²) in [5.41, 5.74) is 6.00. The average Bonchev–Trinajstić information content (AvgIpc) is 2.13. The highest BCUT2D eigenvalue weighted by atomic mass is 35.5. The molecule has 0 unspecified atom stereocenters. The van der Waals surface area contributed by atoms with Crippen LogP contribution in [0.4, 0.5) is 5.69 Å². The zero-order valence-electron chi connectivity index (χ0n) is 8.39. The van der Waals surface area contributed by atoms with Gasteiger partial charge in [-0.25, -0.2) is 0 Å². The molecule has 0 amide bonds. The molecule has 0 saturated carbocycles. The molecule has 0 heterocycles. The Balaban J connectivity index is 2.43. The maximum Gasteiger partial charge on any atom is 0.264 e. The Bertz CT molecular complexity index is 461. The summed E-state index contributed by atoms with van der Waals surface area (Å²) < 4.78 is 34.5. The van der Waals surface area contributed by atoms with E-state index in [4.69, 9.17) is 26.6 Å². The highest BCUT2D eigenvalue weighted by molar-refractivity contribution is 7.85. The standard InChI is InChI=1S/C9H12ClNO4S/c10-7-2-3-9(8(11)6-7)15-4-1-5-16(12,13)14/h2-3,6H,1,4-5,11H2,(H,12,13,14). The Morgan fingerprint density at radius 1 is 1.44 bits per heavy atom. The summed E-state index contributed by atoms with van der Waals surface area (Å²) in [6.45, 7) is 0.158. The maximum atomic E-state index is 10.4. The van der Waals surface area contributed by atoms with E-state index >= 15 is 0 Å². The molecule has 7 heteroatoms. The van der Waals surface area contributed by atoms with Crippen molar-refractivity contribution in [1.82, 2.24) is 0 Å². The molecule has 5 nitrogen and oxygen atoms in total. The van der Waals surface area contributed by atoms with Gasteiger partial charge in [0.15, 0.2) is 0 Å². The van der Waals surface area contributed by atoms with Crippen LogP contribution >= 0.6 is 11.6 Å². The molecule has 0 bridgehead atoms. The van der Waals surface area contributed by atoms with E-state index in [0.29, 0.717) is 16.5 Å². The molecule has 16 heavy (non-hydrogen) atoms.